The summed E-state index contributed by atoms with van der Waals surface area (Å²) in [6.45, 7) is 1.35. The number of nitrogens with zero attached hydrogens (tertiary/aromatic N) is 5. The first-order valence-corrected chi connectivity index (χ1v) is 8.31. The molecule has 1 amide bonds. The number of hydrogen-bond acceptors (Lipinski definition) is 4. The Hall–Kier alpha value is -2.76. The third-order valence-corrected chi connectivity index (χ3v) is 4.56. The van der Waals surface area contributed by atoms with Crippen molar-refractivity contribution in [2.75, 3.05) is 6.54 Å². The van der Waals surface area contributed by atoms with Crippen LogP contribution in [0.5, 0.6) is 0 Å². The molecular formula is C18H19N5O. The highest BCUT2D eigenvalue weighted by molar-refractivity contribution is 5.77. The van der Waals surface area contributed by atoms with Gasteiger partial charge in [-0.15, -0.1) is 5.10 Å². The molecule has 0 aliphatic carbocycles. The number of para-hydroxylation sites is 1. The van der Waals surface area contributed by atoms with Crippen molar-refractivity contribution in [3.05, 3.63) is 54.4 Å². The largest absolute Gasteiger partial charge is 0.334 e. The average Bonchev–Trinajstić information content (AvgIpc) is 3.28. The van der Waals surface area contributed by atoms with E-state index >= 15 is 0 Å². The van der Waals surface area contributed by atoms with Gasteiger partial charge in [0.1, 0.15) is 5.52 Å². The summed E-state index contributed by atoms with van der Waals surface area (Å²) in [6, 6.07) is 13.8. The molecule has 0 N–H and O–H groups in total. The molecule has 0 unspecified atom stereocenters. The molecule has 4 rings (SSSR count). The fourth-order valence-corrected chi connectivity index (χ4v) is 3.37. The van der Waals surface area contributed by atoms with Gasteiger partial charge in [-0.05, 0) is 37.1 Å². The average molecular weight is 321 g/mol. The summed E-state index contributed by atoms with van der Waals surface area (Å²) >= 11 is 0. The molecular weight excluding hydrogens is 302 g/mol. The molecule has 24 heavy (non-hydrogen) atoms. The van der Waals surface area contributed by atoms with Crippen LogP contribution in [0, 0.1) is 0 Å². The van der Waals surface area contributed by atoms with Gasteiger partial charge in [-0.3, -0.25) is 9.78 Å². The predicted molar refractivity (Wildman–Crippen MR) is 90.1 cm³/mol. The van der Waals surface area contributed by atoms with Crippen LogP contribution in [0.25, 0.3) is 11.0 Å². The van der Waals surface area contributed by atoms with E-state index in [0.717, 1.165) is 36.1 Å². The predicted octanol–water partition coefficient (Wildman–Crippen LogP) is 2.58. The molecule has 122 valence electrons. The first kappa shape index (κ1) is 14.8. The van der Waals surface area contributed by atoms with Crippen molar-refractivity contribution in [3.63, 3.8) is 0 Å². The van der Waals surface area contributed by atoms with Crippen molar-refractivity contribution in [2.24, 2.45) is 0 Å². The van der Waals surface area contributed by atoms with Gasteiger partial charge in [0.2, 0.25) is 5.91 Å². The quantitative estimate of drug-likeness (QED) is 0.741. The van der Waals surface area contributed by atoms with Crippen LogP contribution in [-0.2, 0) is 11.3 Å². The van der Waals surface area contributed by atoms with E-state index in [4.69, 9.17) is 0 Å². The zero-order valence-corrected chi connectivity index (χ0v) is 13.4. The van der Waals surface area contributed by atoms with E-state index in [-0.39, 0.29) is 11.9 Å². The molecule has 0 radical (unpaired) electrons. The second-order valence-electron chi connectivity index (χ2n) is 6.05. The number of fused-ring (bicyclic) bond motifs is 1. The Labute approximate surface area is 140 Å². The number of carbonyl (C=O) groups excluding carboxylic acids is 1. The second-order valence-corrected chi connectivity index (χ2v) is 6.05. The molecule has 1 saturated heterocycles. The number of benzene rings is 1. The van der Waals surface area contributed by atoms with Crippen LogP contribution in [0.15, 0.2) is 48.7 Å². The lowest BCUT2D eigenvalue weighted by molar-refractivity contribution is -0.132. The Kier molecular flexibility index (Phi) is 3.94. The first-order chi connectivity index (χ1) is 11.8. The zero-order valence-electron chi connectivity index (χ0n) is 13.4. The van der Waals surface area contributed by atoms with E-state index in [0.29, 0.717) is 13.0 Å². The number of hydrogen-bond donors (Lipinski definition) is 0. The van der Waals surface area contributed by atoms with E-state index in [1.54, 1.807) is 10.9 Å². The third kappa shape index (κ3) is 2.75. The van der Waals surface area contributed by atoms with E-state index in [1.807, 2.05) is 47.4 Å². The van der Waals surface area contributed by atoms with Crippen LogP contribution in [0.2, 0.25) is 0 Å². The van der Waals surface area contributed by atoms with Gasteiger partial charge in [-0.1, -0.05) is 23.4 Å². The Bertz CT molecular complexity index is 845. The SMILES string of the molecule is O=C(CCn1nnc2ccccc21)N1CCC[C@@H]1c1ccccn1. The van der Waals surface area contributed by atoms with Crippen molar-refractivity contribution < 1.29 is 4.79 Å². The number of pyridine rings is 1. The van der Waals surface area contributed by atoms with Crippen LogP contribution in [0.3, 0.4) is 0 Å². The topological polar surface area (TPSA) is 63.9 Å². The van der Waals surface area contributed by atoms with Crippen molar-refractivity contribution >= 4 is 16.9 Å². The van der Waals surface area contributed by atoms with Gasteiger partial charge >= 0.3 is 0 Å². The summed E-state index contributed by atoms with van der Waals surface area (Å²) in [6.07, 6.45) is 4.22. The molecule has 0 bridgehead atoms. The number of aromatic nitrogens is 4. The fourth-order valence-electron chi connectivity index (χ4n) is 3.37. The number of aryl methyl sites for hydroxylation is 1. The van der Waals surface area contributed by atoms with E-state index in [1.165, 1.54) is 0 Å². The Balaban J connectivity index is 1.46. The molecule has 1 aromatic carbocycles. The summed E-state index contributed by atoms with van der Waals surface area (Å²) < 4.78 is 1.80. The van der Waals surface area contributed by atoms with Gasteiger partial charge in [0.15, 0.2) is 0 Å². The highest BCUT2D eigenvalue weighted by Gasteiger charge is 2.30. The summed E-state index contributed by atoms with van der Waals surface area (Å²) in [7, 11) is 0. The van der Waals surface area contributed by atoms with Gasteiger partial charge < -0.3 is 4.90 Å². The maximum Gasteiger partial charge on any atom is 0.225 e. The highest BCUT2D eigenvalue weighted by atomic mass is 16.2. The maximum atomic E-state index is 12.7. The summed E-state index contributed by atoms with van der Waals surface area (Å²) in [4.78, 5) is 19.1. The number of likely N-dealkylation sites (tertiary alicyclic amines) is 1. The van der Waals surface area contributed by atoms with Gasteiger partial charge in [0.05, 0.1) is 23.8 Å². The lowest BCUT2D eigenvalue weighted by atomic mass is 10.1. The standard InChI is InChI=1S/C18H19N5O/c24-18(10-13-23-17-8-2-1-7-15(17)20-21-23)22-12-5-9-16(22)14-6-3-4-11-19-14/h1-4,6-8,11,16H,5,9-10,12-13H2/t16-/m1/s1. The molecule has 0 spiro atoms. The summed E-state index contributed by atoms with van der Waals surface area (Å²) in [5, 5.41) is 8.29. The zero-order chi connectivity index (χ0) is 16.4. The third-order valence-electron chi connectivity index (χ3n) is 4.56. The molecule has 3 aromatic rings. The minimum atomic E-state index is 0.103. The molecule has 0 saturated carbocycles. The molecule has 1 fully saturated rings. The number of amides is 1. The molecule has 3 heterocycles. The molecule has 6 nitrogen and oxygen atoms in total. The van der Waals surface area contributed by atoms with E-state index < -0.39 is 0 Å². The second kappa shape index (κ2) is 6.39. The lowest BCUT2D eigenvalue weighted by Gasteiger charge is -2.24. The molecule has 1 aliphatic heterocycles. The van der Waals surface area contributed by atoms with Gasteiger partial charge in [-0.25, -0.2) is 4.68 Å². The van der Waals surface area contributed by atoms with E-state index in [2.05, 4.69) is 15.3 Å². The van der Waals surface area contributed by atoms with Gasteiger partial charge in [0, 0.05) is 19.2 Å². The van der Waals surface area contributed by atoms with Crippen molar-refractivity contribution in [3.8, 4) is 0 Å². The molecule has 6 heteroatoms. The fraction of sp³-hybridized carbons (Fsp3) is 0.333. The van der Waals surface area contributed by atoms with Gasteiger partial charge in [0.25, 0.3) is 0 Å². The Morgan fingerprint density at radius 2 is 2.04 bits per heavy atom. The smallest absolute Gasteiger partial charge is 0.225 e. The van der Waals surface area contributed by atoms with Crippen molar-refractivity contribution in [2.45, 2.75) is 31.8 Å². The van der Waals surface area contributed by atoms with Crippen LogP contribution in [-0.4, -0.2) is 37.3 Å². The number of carbonyl (C=O) groups is 1. The molecule has 1 atom stereocenters. The minimum absolute atomic E-state index is 0.103. The monoisotopic (exact) mass is 321 g/mol. The lowest BCUT2D eigenvalue weighted by Crippen LogP contribution is -2.31. The summed E-state index contributed by atoms with van der Waals surface area (Å²) in [5.41, 5.74) is 2.81. The highest BCUT2D eigenvalue weighted by Crippen LogP contribution is 2.31. The first-order valence-electron chi connectivity index (χ1n) is 8.31. The van der Waals surface area contributed by atoms with Crippen LogP contribution in [0.1, 0.15) is 31.0 Å². The molecule has 1 aliphatic rings. The normalized spacial score (nSPS) is 17.5. The molecule has 2 aromatic heterocycles. The van der Waals surface area contributed by atoms with Crippen LogP contribution < -0.4 is 0 Å². The van der Waals surface area contributed by atoms with Gasteiger partial charge in [-0.2, -0.15) is 0 Å². The van der Waals surface area contributed by atoms with Crippen LogP contribution in [0.4, 0.5) is 0 Å². The Morgan fingerprint density at radius 1 is 1.17 bits per heavy atom. The summed E-state index contributed by atoms with van der Waals surface area (Å²) in [5.74, 6) is 0.155. The van der Waals surface area contributed by atoms with Crippen LogP contribution >= 0.6 is 0 Å². The Morgan fingerprint density at radius 3 is 2.92 bits per heavy atom. The van der Waals surface area contributed by atoms with Crippen molar-refractivity contribution in [1.82, 2.24) is 24.9 Å². The van der Waals surface area contributed by atoms with Crippen molar-refractivity contribution in [1.29, 1.82) is 0 Å². The van der Waals surface area contributed by atoms with E-state index in [9.17, 15) is 4.79 Å². The minimum Gasteiger partial charge on any atom is -0.334 e. The number of rotatable bonds is 4. The maximum absolute atomic E-state index is 12.7.